The van der Waals surface area contributed by atoms with Crippen LogP contribution in [0.3, 0.4) is 0 Å². The second-order valence-corrected chi connectivity index (χ2v) is 18.8. The quantitative estimate of drug-likeness (QED) is 0.159. The molecule has 0 unspecified atom stereocenters. The standard InChI is InChI=1S/C39H39ClFN3O5Si/c1-23-36(50(2,3)41)33(20-34(46)42-17-7-12-28(42)22-45)49-39(23)30-19-26(40)15-16-31(30)43(38(39)48)21-24-8-4-11-27(18-24)44-32-14-6-10-25-9-5-13-29(35(25)32)37(44)47/h4-6,8-11,13-16,18-19,23,28,33,36,45H,7,12,17,20-22H2,1-3H3/t23-,28-,33+,36-,39+/m0/s1. The van der Waals surface area contributed by atoms with Crippen molar-refractivity contribution in [2.24, 2.45) is 5.92 Å². The van der Waals surface area contributed by atoms with Gasteiger partial charge in [0.2, 0.25) is 14.3 Å². The van der Waals surface area contributed by atoms with Crippen LogP contribution in [0.4, 0.5) is 21.2 Å². The summed E-state index contributed by atoms with van der Waals surface area (Å²) >= 11 is 6.56. The number of anilines is 3. The summed E-state index contributed by atoms with van der Waals surface area (Å²) in [7, 11) is -3.50. The molecule has 258 valence electrons. The van der Waals surface area contributed by atoms with Crippen molar-refractivity contribution in [3.05, 3.63) is 101 Å². The van der Waals surface area contributed by atoms with E-state index in [0.717, 1.165) is 34.9 Å². The molecule has 2 fully saturated rings. The molecule has 0 aliphatic carbocycles. The molecule has 4 aromatic rings. The third-order valence-electron chi connectivity index (χ3n) is 11.3. The fourth-order valence-corrected chi connectivity index (χ4v) is 11.8. The van der Waals surface area contributed by atoms with Crippen LogP contribution >= 0.6 is 11.6 Å². The summed E-state index contributed by atoms with van der Waals surface area (Å²) < 4.78 is 23.1. The number of rotatable bonds is 7. The first-order valence-electron chi connectivity index (χ1n) is 17.3. The van der Waals surface area contributed by atoms with Crippen molar-refractivity contribution in [3.8, 4) is 0 Å². The Labute approximate surface area is 296 Å². The maximum Gasteiger partial charge on any atom is 0.264 e. The minimum atomic E-state index is -3.50. The first kappa shape index (κ1) is 33.1. The number of nitrogens with zero attached hydrogens (tertiary/aromatic N) is 3. The number of hydrogen-bond donors (Lipinski definition) is 1. The molecule has 0 aromatic heterocycles. The van der Waals surface area contributed by atoms with Gasteiger partial charge in [-0.05, 0) is 79.3 Å². The smallest absolute Gasteiger partial charge is 0.264 e. The normalized spacial score (nSPS) is 25.8. The molecule has 5 atom stereocenters. The second kappa shape index (κ2) is 12.0. The molecule has 2 saturated heterocycles. The maximum absolute atomic E-state index is 16.3. The molecular formula is C39H39ClFN3O5Si. The highest BCUT2D eigenvalue weighted by Gasteiger charge is 2.67. The zero-order valence-corrected chi connectivity index (χ0v) is 30.0. The average Bonchev–Trinajstić information content (AvgIpc) is 3.81. The molecule has 4 aliphatic rings. The minimum Gasteiger partial charge on any atom is -0.394 e. The van der Waals surface area contributed by atoms with Crippen LogP contribution in [0.5, 0.6) is 0 Å². The highest BCUT2D eigenvalue weighted by Crippen LogP contribution is 2.60. The second-order valence-electron chi connectivity index (χ2n) is 14.6. The van der Waals surface area contributed by atoms with Gasteiger partial charge in [0.15, 0.2) is 5.60 Å². The van der Waals surface area contributed by atoms with Gasteiger partial charge in [-0.25, -0.2) is 0 Å². The molecule has 8 nitrogen and oxygen atoms in total. The molecule has 50 heavy (non-hydrogen) atoms. The Kier molecular flexibility index (Phi) is 7.94. The van der Waals surface area contributed by atoms with Gasteiger partial charge in [-0.1, -0.05) is 54.9 Å². The topological polar surface area (TPSA) is 90.4 Å². The van der Waals surface area contributed by atoms with Gasteiger partial charge in [0, 0.05) is 39.7 Å². The number of carbonyl (C=O) groups excluding carboxylic acids is 3. The molecule has 0 bridgehead atoms. The highest BCUT2D eigenvalue weighted by molar-refractivity contribution is 6.72. The molecule has 1 N–H and O–H groups in total. The summed E-state index contributed by atoms with van der Waals surface area (Å²) in [6.45, 7) is 5.67. The van der Waals surface area contributed by atoms with Gasteiger partial charge in [-0.15, -0.1) is 0 Å². The molecule has 0 saturated carbocycles. The van der Waals surface area contributed by atoms with Gasteiger partial charge in [0.1, 0.15) is 0 Å². The largest absolute Gasteiger partial charge is 0.394 e. The van der Waals surface area contributed by atoms with E-state index in [0.29, 0.717) is 34.1 Å². The first-order valence-corrected chi connectivity index (χ1v) is 20.6. The fraction of sp³-hybridized carbons (Fsp3) is 0.359. The Morgan fingerprint density at radius 3 is 2.56 bits per heavy atom. The lowest BCUT2D eigenvalue weighted by atomic mass is 9.82. The van der Waals surface area contributed by atoms with Gasteiger partial charge in [0.25, 0.3) is 11.8 Å². The van der Waals surface area contributed by atoms with Gasteiger partial charge < -0.3 is 23.8 Å². The van der Waals surface area contributed by atoms with Crippen molar-refractivity contribution in [2.45, 2.75) is 69.1 Å². The number of halogens is 2. The zero-order chi connectivity index (χ0) is 35.1. The van der Waals surface area contributed by atoms with Crippen LogP contribution in [0.25, 0.3) is 10.8 Å². The number of ether oxygens (including phenoxy) is 1. The van der Waals surface area contributed by atoms with Gasteiger partial charge >= 0.3 is 0 Å². The molecule has 4 heterocycles. The van der Waals surface area contributed by atoms with Crippen LogP contribution in [0.1, 0.15) is 47.7 Å². The first-order chi connectivity index (χ1) is 23.9. The number of aliphatic hydroxyl groups excluding tert-OH is 1. The van der Waals surface area contributed by atoms with Crippen molar-refractivity contribution in [1.29, 1.82) is 0 Å². The lowest BCUT2D eigenvalue weighted by Gasteiger charge is -2.31. The van der Waals surface area contributed by atoms with Gasteiger partial charge in [-0.2, -0.15) is 0 Å². The van der Waals surface area contributed by atoms with E-state index in [1.807, 2.05) is 67.6 Å². The van der Waals surface area contributed by atoms with E-state index in [1.54, 1.807) is 46.0 Å². The summed E-state index contributed by atoms with van der Waals surface area (Å²) in [6, 6.07) is 24.2. The maximum atomic E-state index is 16.3. The highest BCUT2D eigenvalue weighted by atomic mass is 35.5. The van der Waals surface area contributed by atoms with Crippen molar-refractivity contribution >= 4 is 65.6 Å². The van der Waals surface area contributed by atoms with Crippen LogP contribution in [0.15, 0.2) is 78.9 Å². The van der Waals surface area contributed by atoms with E-state index < -0.39 is 31.6 Å². The van der Waals surface area contributed by atoms with Gasteiger partial charge in [0.05, 0.1) is 48.7 Å². The van der Waals surface area contributed by atoms with Crippen LogP contribution < -0.4 is 9.80 Å². The molecule has 11 heteroatoms. The van der Waals surface area contributed by atoms with Crippen LogP contribution in [0, 0.1) is 5.92 Å². The predicted octanol–water partition coefficient (Wildman–Crippen LogP) is 7.48. The summed E-state index contributed by atoms with van der Waals surface area (Å²) in [5.74, 6) is -1.21. The molecule has 1 spiro atoms. The van der Waals surface area contributed by atoms with E-state index in [2.05, 4.69) is 0 Å². The molecule has 3 amide bonds. The Balaban J connectivity index is 1.14. The molecule has 4 aliphatic heterocycles. The number of aliphatic hydroxyl groups is 1. The molecule has 4 aromatic carbocycles. The summed E-state index contributed by atoms with van der Waals surface area (Å²) in [5.41, 5.74) is 1.96. The zero-order valence-electron chi connectivity index (χ0n) is 28.2. The average molecular weight is 712 g/mol. The molecule has 8 rings (SSSR count). The van der Waals surface area contributed by atoms with Crippen LogP contribution in [-0.2, 0) is 26.5 Å². The SMILES string of the molecule is C[C@H]1[C@H]([Si](C)(C)F)[C@@H](CC(=O)N2CCC[C@H]2CO)O[C@]12C(=O)N(Cc1cccc(N3C(=O)c4cccc5cccc3c45)c1)c1ccc(Cl)cc12. The van der Waals surface area contributed by atoms with E-state index in [-0.39, 0.29) is 43.3 Å². The third-order valence-corrected chi connectivity index (χ3v) is 14.0. The Bertz CT molecular complexity index is 2070. The number of likely N-dealkylation sites (tertiary alicyclic amines) is 1. The van der Waals surface area contributed by atoms with Crippen LogP contribution in [-0.4, -0.2) is 61.4 Å². The fourth-order valence-electron chi connectivity index (χ4n) is 9.17. The number of hydrogen-bond acceptors (Lipinski definition) is 5. The monoisotopic (exact) mass is 711 g/mol. The number of benzene rings is 4. The lowest BCUT2D eigenvalue weighted by Crippen LogP contribution is -2.45. The molecular weight excluding hydrogens is 673 g/mol. The van der Waals surface area contributed by atoms with E-state index >= 15 is 4.11 Å². The van der Waals surface area contributed by atoms with Gasteiger partial charge in [-0.3, -0.25) is 19.3 Å². The van der Waals surface area contributed by atoms with E-state index in [9.17, 15) is 19.5 Å². The Hall–Kier alpha value is -4.09. The lowest BCUT2D eigenvalue weighted by molar-refractivity contribution is -0.150. The van der Waals surface area contributed by atoms with Crippen molar-refractivity contribution in [2.75, 3.05) is 23.0 Å². The minimum absolute atomic E-state index is 0.0716. The summed E-state index contributed by atoms with van der Waals surface area (Å²) in [5, 5.41) is 12.2. The van der Waals surface area contributed by atoms with Crippen molar-refractivity contribution in [1.82, 2.24) is 4.90 Å². The predicted molar refractivity (Wildman–Crippen MR) is 194 cm³/mol. The number of fused-ring (bicyclic) bond motifs is 2. The molecule has 0 radical (unpaired) electrons. The third kappa shape index (κ3) is 4.94. The Morgan fingerprint density at radius 1 is 1.04 bits per heavy atom. The van der Waals surface area contributed by atoms with Crippen molar-refractivity contribution < 1.29 is 28.3 Å². The number of amides is 3. The van der Waals surface area contributed by atoms with E-state index in [1.165, 1.54) is 0 Å². The summed E-state index contributed by atoms with van der Waals surface area (Å²) in [6.07, 6.45) is 0.618. The number of carbonyl (C=O) groups is 3. The van der Waals surface area contributed by atoms with E-state index in [4.69, 9.17) is 16.3 Å². The van der Waals surface area contributed by atoms with Crippen LogP contribution in [0.2, 0.25) is 23.7 Å². The summed E-state index contributed by atoms with van der Waals surface area (Å²) in [4.78, 5) is 47.3. The van der Waals surface area contributed by atoms with Crippen molar-refractivity contribution in [3.63, 3.8) is 0 Å². The Morgan fingerprint density at radius 2 is 1.80 bits per heavy atom.